The molecule has 0 amide bonds. The van der Waals surface area contributed by atoms with E-state index in [1.54, 1.807) is 0 Å². The quantitative estimate of drug-likeness (QED) is 0.148. The van der Waals surface area contributed by atoms with Crippen molar-refractivity contribution in [3.63, 3.8) is 0 Å². The van der Waals surface area contributed by atoms with E-state index in [1.807, 2.05) is 0 Å². The predicted molar refractivity (Wildman–Crippen MR) is 276 cm³/mol. The lowest BCUT2D eigenvalue weighted by Crippen LogP contribution is -1.97. The van der Waals surface area contributed by atoms with Gasteiger partial charge in [-0.25, -0.2) is 0 Å². The van der Waals surface area contributed by atoms with E-state index in [-0.39, 0.29) is 0 Å². The number of hydrogen-bond donors (Lipinski definition) is 0. The highest BCUT2D eigenvalue weighted by Gasteiger charge is 2.23. The molecule has 64 heavy (non-hydrogen) atoms. The van der Waals surface area contributed by atoms with Gasteiger partial charge in [0, 0.05) is 56.8 Å². The Kier molecular flexibility index (Phi) is 8.20. The molecule has 0 bridgehead atoms. The minimum absolute atomic E-state index is 0.871. The minimum atomic E-state index is 0.871. The maximum Gasteiger partial charge on any atom is 0.0577 e. The summed E-state index contributed by atoms with van der Waals surface area (Å²) in [5, 5.41) is 15.4. The molecule has 0 N–H and O–H groups in total. The number of fused-ring (bicyclic) bond motifs is 12. The lowest BCUT2D eigenvalue weighted by atomic mass is 9.85. The van der Waals surface area contributed by atoms with Crippen molar-refractivity contribution in [3.05, 3.63) is 206 Å². The molecule has 2 aromatic heterocycles. The fourth-order valence-electron chi connectivity index (χ4n) is 11.3. The number of benzene rings is 11. The Hall–Kier alpha value is -7.94. The maximum atomic E-state index is 2.54. The summed E-state index contributed by atoms with van der Waals surface area (Å²) in [6.45, 7) is 6.31. The molecule has 0 unspecified atom stereocenters. The van der Waals surface area contributed by atoms with Crippen molar-refractivity contribution < 1.29 is 0 Å². The third kappa shape index (κ3) is 5.26. The number of para-hydroxylation sites is 2. The van der Waals surface area contributed by atoms with Gasteiger partial charge in [0.05, 0.1) is 11.0 Å². The third-order valence-corrected chi connectivity index (χ3v) is 14.0. The van der Waals surface area contributed by atoms with Gasteiger partial charge in [0.15, 0.2) is 0 Å². The molecule has 0 atom stereocenters. The van der Waals surface area contributed by atoms with Crippen molar-refractivity contribution in [3.8, 4) is 44.5 Å². The molecule has 11 aromatic carbocycles. The van der Waals surface area contributed by atoms with Gasteiger partial charge in [-0.2, -0.15) is 0 Å². The molecule has 13 aromatic rings. The van der Waals surface area contributed by atoms with E-state index in [2.05, 4.69) is 229 Å². The molecule has 13 rings (SSSR count). The smallest absolute Gasteiger partial charge is 0.0577 e. The summed E-state index contributed by atoms with van der Waals surface area (Å²) in [6, 6.07) is 77.2. The molecular formula is C62H44N2. The van der Waals surface area contributed by atoms with Crippen LogP contribution in [0.25, 0.3) is 131 Å². The first-order chi connectivity index (χ1) is 31.7. The Morgan fingerprint density at radius 3 is 1.20 bits per heavy atom. The highest BCUT2D eigenvalue weighted by atomic mass is 15.0. The van der Waals surface area contributed by atoms with Gasteiger partial charge in [-0.05, 0) is 121 Å². The monoisotopic (exact) mass is 816 g/mol. The van der Waals surface area contributed by atoms with Crippen LogP contribution in [0.2, 0.25) is 0 Å². The van der Waals surface area contributed by atoms with Crippen molar-refractivity contribution in [1.29, 1.82) is 0 Å². The Morgan fingerprint density at radius 1 is 0.297 bits per heavy atom. The van der Waals surface area contributed by atoms with Crippen LogP contribution in [0.15, 0.2) is 206 Å². The fourth-order valence-corrected chi connectivity index (χ4v) is 11.3. The number of nitrogens with zero attached hydrogens (tertiary/aromatic N) is 2. The molecule has 0 saturated carbocycles. The largest absolute Gasteiger partial charge is 0.340 e. The van der Waals surface area contributed by atoms with Gasteiger partial charge in [0.1, 0.15) is 0 Å². The molecule has 2 heteroatoms. The second-order valence-electron chi connectivity index (χ2n) is 17.3. The van der Waals surface area contributed by atoms with Crippen LogP contribution in [0.5, 0.6) is 0 Å². The second-order valence-corrected chi connectivity index (χ2v) is 17.3. The Labute approximate surface area is 371 Å². The Bertz CT molecular complexity index is 3800. The first-order valence-corrected chi connectivity index (χ1v) is 22.7. The van der Waals surface area contributed by atoms with Crippen LogP contribution >= 0.6 is 0 Å². The summed E-state index contributed by atoms with van der Waals surface area (Å²) in [4.78, 5) is 0. The zero-order valence-electron chi connectivity index (χ0n) is 35.9. The number of hydrogen-bond acceptors (Lipinski definition) is 0. The van der Waals surface area contributed by atoms with E-state index < -0.39 is 0 Å². The Balaban J connectivity index is 1.19. The summed E-state index contributed by atoms with van der Waals surface area (Å²) >= 11 is 0. The first kappa shape index (κ1) is 36.7. The van der Waals surface area contributed by atoms with Crippen LogP contribution < -0.4 is 0 Å². The second kappa shape index (κ2) is 14.3. The van der Waals surface area contributed by atoms with Crippen molar-refractivity contribution in [2.24, 2.45) is 0 Å². The van der Waals surface area contributed by atoms with Crippen LogP contribution in [0.1, 0.15) is 13.8 Å². The van der Waals surface area contributed by atoms with Crippen molar-refractivity contribution in [2.75, 3.05) is 0 Å². The Morgan fingerprint density at radius 2 is 0.703 bits per heavy atom. The van der Waals surface area contributed by atoms with E-state index in [0.717, 1.165) is 13.1 Å². The van der Waals surface area contributed by atoms with E-state index in [0.29, 0.717) is 0 Å². The third-order valence-electron chi connectivity index (χ3n) is 14.0. The van der Waals surface area contributed by atoms with Crippen LogP contribution in [-0.4, -0.2) is 9.13 Å². The molecule has 2 nitrogen and oxygen atoms in total. The van der Waals surface area contributed by atoms with Gasteiger partial charge in [0.2, 0.25) is 0 Å². The van der Waals surface area contributed by atoms with Gasteiger partial charge in [-0.1, -0.05) is 176 Å². The fraction of sp³-hybridized carbons (Fsp3) is 0.0645. The van der Waals surface area contributed by atoms with Crippen molar-refractivity contribution >= 4 is 86.7 Å². The zero-order valence-corrected chi connectivity index (χ0v) is 35.9. The highest BCUT2D eigenvalue weighted by molar-refractivity contribution is 6.29. The SMILES string of the molecule is CCn1c2ccccc2c2c3ccccc3cc(-c3cccc4c(-c5ccc(-c6ccccc6)cc5)c5cccc(-c6cc7ccccc7c7c8ccccc8n(CC)c67)c5cc34)c21. The van der Waals surface area contributed by atoms with Gasteiger partial charge in [0.25, 0.3) is 0 Å². The average molecular weight is 817 g/mol. The summed E-state index contributed by atoms with van der Waals surface area (Å²) in [5.74, 6) is 0. The summed E-state index contributed by atoms with van der Waals surface area (Å²) in [7, 11) is 0. The predicted octanol–water partition coefficient (Wildman–Crippen LogP) is 17.2. The average Bonchev–Trinajstić information content (AvgIpc) is 3.89. The minimum Gasteiger partial charge on any atom is -0.340 e. The van der Waals surface area contributed by atoms with Gasteiger partial charge < -0.3 is 9.13 Å². The number of aryl methyl sites for hydroxylation is 2. The molecule has 2 heterocycles. The molecule has 0 aliphatic rings. The molecule has 0 aliphatic carbocycles. The zero-order chi connectivity index (χ0) is 42.5. The van der Waals surface area contributed by atoms with Crippen LogP contribution in [0.4, 0.5) is 0 Å². The van der Waals surface area contributed by atoms with Gasteiger partial charge >= 0.3 is 0 Å². The number of rotatable bonds is 6. The van der Waals surface area contributed by atoms with E-state index >= 15 is 0 Å². The van der Waals surface area contributed by atoms with Crippen LogP contribution in [0, 0.1) is 0 Å². The summed E-state index contributed by atoms with van der Waals surface area (Å²) < 4.78 is 5.08. The summed E-state index contributed by atoms with van der Waals surface area (Å²) in [5.41, 5.74) is 15.1. The maximum absolute atomic E-state index is 2.54. The van der Waals surface area contributed by atoms with Crippen LogP contribution in [0.3, 0.4) is 0 Å². The molecule has 302 valence electrons. The normalized spacial score (nSPS) is 12.0. The molecule has 0 aliphatic heterocycles. The lowest BCUT2D eigenvalue weighted by molar-refractivity contribution is 0.828. The van der Waals surface area contributed by atoms with Crippen molar-refractivity contribution in [2.45, 2.75) is 26.9 Å². The lowest BCUT2D eigenvalue weighted by Gasteiger charge is -2.20. The first-order valence-electron chi connectivity index (χ1n) is 22.7. The topological polar surface area (TPSA) is 9.86 Å². The molecular weight excluding hydrogens is 773 g/mol. The van der Waals surface area contributed by atoms with Crippen molar-refractivity contribution in [1.82, 2.24) is 9.13 Å². The highest BCUT2D eigenvalue weighted by Crippen LogP contribution is 2.49. The summed E-state index contributed by atoms with van der Waals surface area (Å²) in [6.07, 6.45) is 0. The van der Waals surface area contributed by atoms with E-state index in [4.69, 9.17) is 0 Å². The van der Waals surface area contributed by atoms with Gasteiger partial charge in [-0.3, -0.25) is 0 Å². The number of aromatic nitrogens is 2. The van der Waals surface area contributed by atoms with Gasteiger partial charge in [-0.15, -0.1) is 0 Å². The standard InChI is InChI=1S/C62H44N2/c1-3-63-56-30-14-12-24-50(56)59-44-22-10-8-20-42(44)36-54(61(59)63)46-26-16-28-48-52(46)38-53-47(27-17-29-49(53)58(48)41-34-32-40(33-35-41)39-18-6-5-7-19-39)55-37-43-21-9-11-23-45(43)60-51-25-13-15-31-57(51)64(4-2)62(55)60/h5-38H,3-4H2,1-2H3. The molecule has 0 radical (unpaired) electrons. The molecule has 0 fully saturated rings. The molecule has 0 spiro atoms. The molecule has 0 saturated heterocycles. The van der Waals surface area contributed by atoms with E-state index in [9.17, 15) is 0 Å². The van der Waals surface area contributed by atoms with E-state index in [1.165, 1.54) is 131 Å². The van der Waals surface area contributed by atoms with Crippen LogP contribution in [-0.2, 0) is 13.1 Å².